The molecular formula is C40H34F20O12. The molecule has 72 heavy (non-hydrogen) atoms. The largest absolute Gasteiger partial charge is 0.459 e. The number of fused-ring (bicyclic) bond motifs is 1. The lowest BCUT2D eigenvalue weighted by atomic mass is 9.45. The first-order valence-corrected chi connectivity index (χ1v) is 18.9. The Hall–Kier alpha value is -6.14. The molecule has 2 aliphatic rings. The number of carbonyl (C=O) groups excluding carboxylic acids is 6. The Morgan fingerprint density at radius 1 is 0.389 bits per heavy atom. The molecule has 0 amide bonds. The zero-order valence-electron chi connectivity index (χ0n) is 35.8. The molecule has 12 nitrogen and oxygen atoms in total. The molecule has 0 radical (unpaired) electrons. The van der Waals surface area contributed by atoms with Crippen molar-refractivity contribution in [1.29, 1.82) is 0 Å². The molecule has 0 aliphatic heterocycles. The molecule has 0 aromatic heterocycles. The predicted octanol–water partition coefficient (Wildman–Crippen LogP) is 7.65. The van der Waals surface area contributed by atoms with Crippen molar-refractivity contribution in [1.82, 2.24) is 0 Å². The van der Waals surface area contributed by atoms with Gasteiger partial charge in [0.15, 0.2) is 12.3 Å². The van der Waals surface area contributed by atoms with Crippen molar-refractivity contribution in [3.05, 3.63) is 75.9 Å². The first-order chi connectivity index (χ1) is 32.4. The second kappa shape index (κ2) is 19.7. The van der Waals surface area contributed by atoms with Gasteiger partial charge in [0.1, 0.15) is 33.0 Å². The molecular weight excluding hydrogens is 1050 g/mol. The summed E-state index contributed by atoms with van der Waals surface area (Å²) in [5, 5.41) is 0. The molecule has 0 heterocycles. The average Bonchev–Trinajstić information content (AvgIpc) is 3.30. The highest BCUT2D eigenvalue weighted by Gasteiger charge is 3.10. The number of hydrogen-bond acceptors (Lipinski definition) is 12. The van der Waals surface area contributed by atoms with Crippen molar-refractivity contribution in [2.75, 3.05) is 39.6 Å². The second-order valence-corrected chi connectivity index (χ2v) is 15.3. The van der Waals surface area contributed by atoms with Gasteiger partial charge in [-0.2, -0.15) is 26.3 Å². The van der Waals surface area contributed by atoms with E-state index in [-0.39, 0.29) is 18.2 Å². The van der Waals surface area contributed by atoms with Gasteiger partial charge >= 0.3 is 53.6 Å². The van der Waals surface area contributed by atoms with E-state index < -0.39 is 187 Å². The van der Waals surface area contributed by atoms with Gasteiger partial charge in [0.05, 0.1) is 12.8 Å². The highest BCUT2D eigenvalue weighted by atomic mass is 19.3. The minimum absolute atomic E-state index is 0.261. The van der Waals surface area contributed by atoms with E-state index in [4.69, 9.17) is 0 Å². The molecule has 0 bridgehead atoms. The Morgan fingerprint density at radius 2 is 0.708 bits per heavy atom. The van der Waals surface area contributed by atoms with Crippen LogP contribution >= 0.6 is 0 Å². The standard InChI is InChI=1S/C40H34F20O12/c1-7-21(61)67-15-27(41)13-32(46,47)29(43,17-69-23(63)9-3)33(48,49)14-34(50,51)38(56)36(54,28(27,42)16-68-22(62)8-2)39(57,58)31(45,19-71-25(65)11-5)40(59,60)37(38,55)30(44,18-70-24(64)10-4)35(52,53)20-72-26(66)12-6/h7-12H,1-6,13-20H2. The summed E-state index contributed by atoms with van der Waals surface area (Å²) in [4.78, 5) is 72.0. The summed E-state index contributed by atoms with van der Waals surface area (Å²) in [5.41, 5.74) is -65.4. The monoisotopic (exact) mass is 1090 g/mol. The van der Waals surface area contributed by atoms with Gasteiger partial charge in [-0.25, -0.2) is 90.2 Å². The van der Waals surface area contributed by atoms with Gasteiger partial charge in [0, 0.05) is 36.5 Å². The van der Waals surface area contributed by atoms with Gasteiger partial charge in [0.25, 0.3) is 51.8 Å². The fraction of sp³-hybridized carbons (Fsp3) is 0.550. The van der Waals surface area contributed by atoms with Crippen LogP contribution in [0.1, 0.15) is 12.8 Å². The molecule has 0 N–H and O–H groups in total. The molecule has 2 fully saturated rings. The van der Waals surface area contributed by atoms with E-state index >= 15 is 87.8 Å². The lowest BCUT2D eigenvalue weighted by Gasteiger charge is -2.68. The molecule has 2 rings (SSSR count). The molecule has 0 aromatic rings. The van der Waals surface area contributed by atoms with E-state index in [9.17, 15) is 28.8 Å². The number of esters is 6. The van der Waals surface area contributed by atoms with Crippen LogP contribution in [0.3, 0.4) is 0 Å². The third kappa shape index (κ3) is 8.64. The maximum Gasteiger partial charge on any atom is 0.331 e. The minimum atomic E-state index is -9.41. The Balaban J connectivity index is 3.98. The Kier molecular flexibility index (Phi) is 17.0. The van der Waals surface area contributed by atoms with Crippen LogP contribution < -0.4 is 0 Å². The van der Waals surface area contributed by atoms with Gasteiger partial charge in [-0.15, -0.1) is 0 Å². The predicted molar refractivity (Wildman–Crippen MR) is 197 cm³/mol. The van der Waals surface area contributed by atoms with Gasteiger partial charge in [-0.05, 0) is 0 Å². The van der Waals surface area contributed by atoms with E-state index in [1.54, 1.807) is 0 Å². The van der Waals surface area contributed by atoms with Crippen LogP contribution in [0.5, 0.6) is 0 Å². The molecule has 32 heteroatoms. The summed E-state index contributed by atoms with van der Waals surface area (Å²) >= 11 is 0. The van der Waals surface area contributed by atoms with Crippen molar-refractivity contribution < 1.29 is 145 Å². The molecule has 406 valence electrons. The van der Waals surface area contributed by atoms with E-state index in [1.807, 2.05) is 0 Å². The number of carbonyl (C=O) groups is 6. The summed E-state index contributed by atoms with van der Waals surface area (Å²) < 4.78 is 371. The highest BCUT2D eigenvalue weighted by molar-refractivity contribution is 5.83. The minimum Gasteiger partial charge on any atom is -0.459 e. The summed E-state index contributed by atoms with van der Waals surface area (Å²) in [6.45, 7) is -8.63. The summed E-state index contributed by atoms with van der Waals surface area (Å²) in [5.74, 6) is -63.9. The zero-order valence-corrected chi connectivity index (χ0v) is 35.8. The van der Waals surface area contributed by atoms with Crippen LogP contribution in [0.4, 0.5) is 87.8 Å². The molecule has 0 spiro atoms. The van der Waals surface area contributed by atoms with Crippen molar-refractivity contribution in [3.8, 4) is 0 Å². The van der Waals surface area contributed by atoms with E-state index in [0.717, 1.165) is 0 Å². The Bertz CT molecular complexity index is 2250. The van der Waals surface area contributed by atoms with Crippen LogP contribution in [0, 0.1) is 0 Å². The topological polar surface area (TPSA) is 158 Å². The van der Waals surface area contributed by atoms with E-state index in [0.29, 0.717) is 0 Å². The summed E-state index contributed by atoms with van der Waals surface area (Å²) in [6, 6.07) is 0. The van der Waals surface area contributed by atoms with Crippen molar-refractivity contribution in [2.45, 2.75) is 93.7 Å². The molecule has 2 saturated carbocycles. The molecule has 0 saturated heterocycles. The van der Waals surface area contributed by atoms with Crippen LogP contribution in [-0.2, 0) is 57.2 Å². The van der Waals surface area contributed by atoms with Crippen molar-refractivity contribution >= 4 is 35.8 Å². The Morgan fingerprint density at radius 3 is 1.10 bits per heavy atom. The zero-order chi connectivity index (χ0) is 56.6. The second-order valence-electron chi connectivity index (χ2n) is 15.3. The average molecular weight is 1090 g/mol. The molecule has 0 aromatic carbocycles. The fourth-order valence-corrected chi connectivity index (χ4v) is 7.45. The van der Waals surface area contributed by atoms with Crippen LogP contribution in [0.15, 0.2) is 75.9 Å². The SMILES string of the molecule is C=CC(=O)OCC(F)(F)C(F)(COC(=O)C=C)C1(F)C(F)(F)C(F)(COC(=O)C=C)C(F)(F)C2(F)C(F)(COC(=O)C=C)C(F)(COC(=O)C=C)CC(F)(F)C(F)(COC(=O)C=C)C(F)(F)CC(F)(F)C12F. The lowest BCUT2D eigenvalue weighted by molar-refractivity contribution is -0.492. The molecule has 8 unspecified atom stereocenters. The third-order valence-electron chi connectivity index (χ3n) is 11.3. The fourth-order valence-electron chi connectivity index (χ4n) is 7.45. The molecule has 8 atom stereocenters. The smallest absolute Gasteiger partial charge is 0.331 e. The first kappa shape index (κ1) is 62.0. The normalized spacial score (nSPS) is 33.0. The number of rotatable bonds is 20. The van der Waals surface area contributed by atoms with E-state index in [1.165, 1.54) is 0 Å². The summed E-state index contributed by atoms with van der Waals surface area (Å²) in [6.07, 6.45) is -12.2. The van der Waals surface area contributed by atoms with Gasteiger partial charge in [-0.3, -0.25) is 0 Å². The van der Waals surface area contributed by atoms with Gasteiger partial charge in [0.2, 0.25) is 5.67 Å². The quantitative estimate of drug-likeness (QED) is 0.0509. The van der Waals surface area contributed by atoms with Crippen LogP contribution in [0.25, 0.3) is 0 Å². The van der Waals surface area contributed by atoms with E-state index in [2.05, 4.69) is 67.9 Å². The van der Waals surface area contributed by atoms with Gasteiger partial charge < -0.3 is 28.4 Å². The van der Waals surface area contributed by atoms with Crippen molar-refractivity contribution in [3.63, 3.8) is 0 Å². The highest BCUT2D eigenvalue weighted by Crippen LogP contribution is 2.79. The van der Waals surface area contributed by atoms with Crippen LogP contribution in [0.2, 0.25) is 0 Å². The maximum absolute atomic E-state index is 19.0. The van der Waals surface area contributed by atoms with Crippen molar-refractivity contribution in [2.24, 2.45) is 0 Å². The first-order valence-electron chi connectivity index (χ1n) is 18.9. The third-order valence-corrected chi connectivity index (χ3v) is 11.3. The summed E-state index contributed by atoms with van der Waals surface area (Å²) in [7, 11) is 0. The Labute approximate surface area is 390 Å². The lowest BCUT2D eigenvalue weighted by Crippen LogP contribution is -3.00. The number of alkyl halides is 20. The van der Waals surface area contributed by atoms with Gasteiger partial charge in [-0.1, -0.05) is 39.5 Å². The number of halogens is 20. The maximum atomic E-state index is 19.0. The van der Waals surface area contributed by atoms with Crippen LogP contribution in [-0.4, -0.2) is 156 Å². The molecule has 2 aliphatic carbocycles. The number of hydrogen-bond donors (Lipinski definition) is 0. The number of ether oxygens (including phenoxy) is 6.